The van der Waals surface area contributed by atoms with Crippen LogP contribution in [0.3, 0.4) is 0 Å². The predicted octanol–water partition coefficient (Wildman–Crippen LogP) is 2.17. The van der Waals surface area contributed by atoms with Crippen LogP contribution in [0.1, 0.15) is 33.5 Å². The second kappa shape index (κ2) is 4.17. The molecule has 0 aromatic carbocycles. The van der Waals surface area contributed by atoms with Crippen LogP contribution in [0, 0.1) is 0 Å². The van der Waals surface area contributed by atoms with Gasteiger partial charge in [0.05, 0.1) is 12.5 Å². The molecule has 0 fully saturated rings. The van der Waals surface area contributed by atoms with E-state index in [1.54, 1.807) is 0 Å². The molecule has 0 aliphatic carbocycles. The first kappa shape index (κ1) is 11.3. The van der Waals surface area contributed by atoms with Gasteiger partial charge in [-0.3, -0.25) is 4.57 Å². The Morgan fingerprint density at radius 3 is 2.43 bits per heavy atom. The average Bonchev–Trinajstić information content (AvgIpc) is 2.47. The Kier molecular flexibility index (Phi) is 3.37. The lowest BCUT2D eigenvalue weighted by Gasteiger charge is -2.23. The number of halogens is 1. The minimum atomic E-state index is -0.113. The lowest BCUT2D eigenvalue weighted by molar-refractivity contribution is 0.258. The molecule has 0 bridgehead atoms. The van der Waals surface area contributed by atoms with Gasteiger partial charge in [0.25, 0.3) is 0 Å². The van der Waals surface area contributed by atoms with Crippen molar-refractivity contribution in [1.29, 1.82) is 0 Å². The molecular formula is C9H16ClN3O. The van der Waals surface area contributed by atoms with E-state index in [0.29, 0.717) is 18.5 Å². The van der Waals surface area contributed by atoms with E-state index in [1.165, 1.54) is 0 Å². The number of hydrogen-bond acceptors (Lipinski definition) is 3. The third kappa shape index (κ3) is 2.18. The average molecular weight is 218 g/mol. The van der Waals surface area contributed by atoms with Gasteiger partial charge in [0.15, 0.2) is 5.82 Å². The van der Waals surface area contributed by atoms with Crippen LogP contribution >= 0.6 is 11.6 Å². The van der Waals surface area contributed by atoms with Gasteiger partial charge in [-0.25, -0.2) is 0 Å². The maximum Gasteiger partial charge on any atom is 0.317 e. The molecule has 0 saturated heterocycles. The van der Waals surface area contributed by atoms with Gasteiger partial charge in [-0.2, -0.15) is 0 Å². The van der Waals surface area contributed by atoms with Gasteiger partial charge in [-0.05, 0) is 27.7 Å². The first-order valence-corrected chi connectivity index (χ1v) is 5.17. The summed E-state index contributed by atoms with van der Waals surface area (Å²) in [6, 6.07) is 0.538. The summed E-state index contributed by atoms with van der Waals surface area (Å²) >= 11 is 5.77. The summed E-state index contributed by atoms with van der Waals surface area (Å²) in [5.41, 5.74) is -0.113. The molecule has 5 heteroatoms. The number of ether oxygens (including phenoxy) is 1. The molecule has 0 N–H and O–H groups in total. The molecule has 0 atom stereocenters. The van der Waals surface area contributed by atoms with Crippen molar-refractivity contribution in [1.82, 2.24) is 14.8 Å². The molecule has 4 nitrogen and oxygen atoms in total. The van der Waals surface area contributed by atoms with Crippen LogP contribution < -0.4 is 4.74 Å². The minimum Gasteiger partial charge on any atom is -0.464 e. The first-order valence-electron chi connectivity index (χ1n) is 4.64. The molecule has 0 amide bonds. The van der Waals surface area contributed by atoms with Crippen LogP contribution in [0.25, 0.3) is 0 Å². The zero-order valence-electron chi connectivity index (χ0n) is 9.04. The Bertz CT molecular complexity index is 303. The van der Waals surface area contributed by atoms with E-state index in [9.17, 15) is 0 Å². The molecule has 80 valence electrons. The highest BCUT2D eigenvalue weighted by molar-refractivity contribution is 6.16. The summed E-state index contributed by atoms with van der Waals surface area (Å²) in [6.07, 6.45) is 0. The lowest BCUT2D eigenvalue weighted by Crippen LogP contribution is -2.24. The van der Waals surface area contributed by atoms with E-state index in [0.717, 1.165) is 5.82 Å². The van der Waals surface area contributed by atoms with E-state index in [1.807, 2.05) is 11.5 Å². The highest BCUT2D eigenvalue weighted by Gasteiger charge is 2.23. The first-order chi connectivity index (χ1) is 6.50. The van der Waals surface area contributed by atoms with Crippen LogP contribution in [-0.4, -0.2) is 21.4 Å². The fraction of sp³-hybridized carbons (Fsp3) is 0.778. The quantitative estimate of drug-likeness (QED) is 0.729. The van der Waals surface area contributed by atoms with E-state index >= 15 is 0 Å². The minimum absolute atomic E-state index is 0.113. The standard InChI is InChI=1S/C9H16ClN3O/c1-5-14-8-12-11-7(6-10)13(8)9(2,3)4/h5-6H2,1-4H3. The van der Waals surface area contributed by atoms with Gasteiger partial charge >= 0.3 is 6.01 Å². The Labute approximate surface area is 89.2 Å². The fourth-order valence-electron chi connectivity index (χ4n) is 1.28. The maximum atomic E-state index is 5.77. The normalized spacial score (nSPS) is 11.8. The van der Waals surface area contributed by atoms with Crippen molar-refractivity contribution in [2.75, 3.05) is 6.61 Å². The predicted molar refractivity (Wildman–Crippen MR) is 55.7 cm³/mol. The molecule has 0 unspecified atom stereocenters. The number of rotatable bonds is 3. The van der Waals surface area contributed by atoms with Gasteiger partial charge in [0.2, 0.25) is 0 Å². The zero-order valence-corrected chi connectivity index (χ0v) is 9.80. The number of aromatic nitrogens is 3. The maximum absolute atomic E-state index is 5.77. The molecule has 0 aliphatic heterocycles. The molecule has 1 aromatic heterocycles. The van der Waals surface area contributed by atoms with Crippen LogP contribution in [0.4, 0.5) is 0 Å². The van der Waals surface area contributed by atoms with E-state index < -0.39 is 0 Å². The topological polar surface area (TPSA) is 39.9 Å². The summed E-state index contributed by atoms with van der Waals surface area (Å²) in [5, 5.41) is 7.93. The molecule has 0 saturated carbocycles. The van der Waals surface area contributed by atoms with Gasteiger partial charge in [0.1, 0.15) is 0 Å². The van der Waals surface area contributed by atoms with E-state index in [4.69, 9.17) is 16.3 Å². The Morgan fingerprint density at radius 1 is 1.36 bits per heavy atom. The number of hydrogen-bond donors (Lipinski definition) is 0. The number of alkyl halides is 1. The van der Waals surface area contributed by atoms with Crippen molar-refractivity contribution in [2.45, 2.75) is 39.1 Å². The largest absolute Gasteiger partial charge is 0.464 e. The highest BCUT2D eigenvalue weighted by Crippen LogP contribution is 2.23. The molecule has 0 radical (unpaired) electrons. The van der Waals surface area contributed by atoms with Crippen LogP contribution in [0.5, 0.6) is 6.01 Å². The second-order valence-electron chi connectivity index (χ2n) is 3.97. The lowest BCUT2D eigenvalue weighted by atomic mass is 10.1. The third-order valence-corrected chi connectivity index (χ3v) is 2.00. The monoisotopic (exact) mass is 217 g/mol. The molecule has 1 heterocycles. The Morgan fingerprint density at radius 2 is 2.00 bits per heavy atom. The van der Waals surface area contributed by atoms with Crippen LogP contribution in [0.2, 0.25) is 0 Å². The van der Waals surface area contributed by atoms with Gasteiger partial charge in [0, 0.05) is 5.54 Å². The Balaban J connectivity index is 3.13. The molecule has 1 aromatic rings. The van der Waals surface area contributed by atoms with Crippen LogP contribution in [-0.2, 0) is 11.4 Å². The van der Waals surface area contributed by atoms with Gasteiger partial charge in [-0.15, -0.1) is 16.7 Å². The summed E-state index contributed by atoms with van der Waals surface area (Å²) in [5.74, 6) is 1.08. The number of nitrogens with zero attached hydrogens (tertiary/aromatic N) is 3. The zero-order chi connectivity index (χ0) is 10.8. The third-order valence-electron chi connectivity index (χ3n) is 1.76. The molecule has 0 aliphatic rings. The van der Waals surface area contributed by atoms with Crippen LogP contribution in [0.15, 0.2) is 0 Å². The molecular weight excluding hydrogens is 202 g/mol. The molecule has 14 heavy (non-hydrogen) atoms. The highest BCUT2D eigenvalue weighted by atomic mass is 35.5. The van der Waals surface area contributed by atoms with Gasteiger partial charge in [-0.1, -0.05) is 5.10 Å². The van der Waals surface area contributed by atoms with E-state index in [2.05, 4.69) is 31.0 Å². The van der Waals surface area contributed by atoms with Crippen molar-refractivity contribution < 1.29 is 4.74 Å². The van der Waals surface area contributed by atoms with Gasteiger partial charge < -0.3 is 4.74 Å². The Hall–Kier alpha value is -0.770. The fourth-order valence-corrected chi connectivity index (χ4v) is 1.46. The summed E-state index contributed by atoms with van der Waals surface area (Å²) < 4.78 is 7.30. The van der Waals surface area contributed by atoms with Crippen molar-refractivity contribution in [3.05, 3.63) is 5.82 Å². The second-order valence-corrected chi connectivity index (χ2v) is 4.24. The van der Waals surface area contributed by atoms with Crippen molar-refractivity contribution >= 4 is 11.6 Å². The SMILES string of the molecule is CCOc1nnc(CCl)n1C(C)(C)C. The van der Waals surface area contributed by atoms with Crippen molar-refractivity contribution in [3.63, 3.8) is 0 Å². The van der Waals surface area contributed by atoms with Crippen molar-refractivity contribution in [3.8, 4) is 6.01 Å². The molecule has 0 spiro atoms. The summed E-state index contributed by atoms with van der Waals surface area (Å²) in [7, 11) is 0. The summed E-state index contributed by atoms with van der Waals surface area (Å²) in [6.45, 7) is 8.69. The summed E-state index contributed by atoms with van der Waals surface area (Å²) in [4.78, 5) is 0. The van der Waals surface area contributed by atoms with E-state index in [-0.39, 0.29) is 5.54 Å². The smallest absolute Gasteiger partial charge is 0.317 e. The van der Waals surface area contributed by atoms with Crippen molar-refractivity contribution in [2.24, 2.45) is 0 Å². The molecule has 1 rings (SSSR count).